The van der Waals surface area contributed by atoms with Gasteiger partial charge in [-0.1, -0.05) is 11.3 Å². The van der Waals surface area contributed by atoms with E-state index < -0.39 is 10.8 Å². The molecule has 9 heteroatoms. The molecule has 0 atom stereocenters. The number of carbonyl (C=O) groups is 1. The van der Waals surface area contributed by atoms with E-state index in [1.807, 2.05) is 0 Å². The highest BCUT2D eigenvalue weighted by atomic mass is 32.1. The Balaban J connectivity index is 1.94. The summed E-state index contributed by atoms with van der Waals surface area (Å²) in [4.78, 5) is 27.1. The van der Waals surface area contributed by atoms with Crippen LogP contribution in [0.2, 0.25) is 0 Å². The number of hydrogen-bond donors (Lipinski definition) is 0. The van der Waals surface area contributed by atoms with Gasteiger partial charge in [0, 0.05) is 25.3 Å². The molecule has 0 bridgehead atoms. The lowest BCUT2D eigenvalue weighted by Crippen LogP contribution is -2.12. The second-order valence-electron chi connectivity index (χ2n) is 5.72. The summed E-state index contributed by atoms with van der Waals surface area (Å²) in [6.45, 7) is 0. The van der Waals surface area contributed by atoms with Crippen LogP contribution in [0, 0.1) is 10.1 Å². The summed E-state index contributed by atoms with van der Waals surface area (Å²) in [7, 11) is 4.96. The van der Waals surface area contributed by atoms with Crippen molar-refractivity contribution in [2.45, 2.75) is 0 Å². The molecular formula is C19H17N3O5S. The molecule has 0 fully saturated rings. The molecule has 3 rings (SSSR count). The fourth-order valence-corrected chi connectivity index (χ4v) is 3.77. The zero-order valence-corrected chi connectivity index (χ0v) is 16.2. The number of amides is 1. The van der Waals surface area contributed by atoms with Crippen LogP contribution in [0.1, 0.15) is 5.56 Å². The molecular weight excluding hydrogens is 382 g/mol. The molecule has 0 spiro atoms. The number of aryl methyl sites for hydroxylation is 1. The highest BCUT2D eigenvalue weighted by Gasteiger charge is 2.14. The summed E-state index contributed by atoms with van der Waals surface area (Å²) in [6.07, 6.45) is 2.88. The van der Waals surface area contributed by atoms with Gasteiger partial charge in [-0.25, -0.2) is 0 Å². The van der Waals surface area contributed by atoms with Crippen molar-refractivity contribution in [3.63, 3.8) is 0 Å². The smallest absolute Gasteiger partial charge is 0.272 e. The van der Waals surface area contributed by atoms with Crippen LogP contribution in [0.15, 0.2) is 47.5 Å². The molecule has 1 heterocycles. The van der Waals surface area contributed by atoms with E-state index in [2.05, 4.69) is 4.99 Å². The third-order valence-electron chi connectivity index (χ3n) is 4.04. The van der Waals surface area contributed by atoms with E-state index in [4.69, 9.17) is 9.47 Å². The van der Waals surface area contributed by atoms with Crippen LogP contribution in [0.25, 0.3) is 16.3 Å². The predicted octanol–water partition coefficient (Wildman–Crippen LogP) is 3.31. The summed E-state index contributed by atoms with van der Waals surface area (Å²) < 4.78 is 13.4. The number of benzene rings is 2. The lowest BCUT2D eigenvalue weighted by atomic mass is 10.2. The summed E-state index contributed by atoms with van der Waals surface area (Å²) in [6, 6.07) is 9.50. The Hall–Kier alpha value is -3.46. The summed E-state index contributed by atoms with van der Waals surface area (Å²) >= 11 is 1.32. The lowest BCUT2D eigenvalue weighted by molar-refractivity contribution is -0.384. The van der Waals surface area contributed by atoms with Crippen LogP contribution in [0.4, 0.5) is 5.69 Å². The summed E-state index contributed by atoms with van der Waals surface area (Å²) in [5.74, 6) is 0.884. The molecule has 0 aliphatic carbocycles. The van der Waals surface area contributed by atoms with Crippen molar-refractivity contribution >= 4 is 39.2 Å². The molecule has 0 N–H and O–H groups in total. The van der Waals surface area contributed by atoms with Gasteiger partial charge in [0.2, 0.25) is 0 Å². The van der Waals surface area contributed by atoms with E-state index >= 15 is 0 Å². The van der Waals surface area contributed by atoms with E-state index in [1.165, 1.54) is 29.5 Å². The zero-order chi connectivity index (χ0) is 20.3. The second-order valence-corrected chi connectivity index (χ2v) is 6.70. The largest absolute Gasteiger partial charge is 0.495 e. The number of nitrogens with zero attached hydrogens (tertiary/aromatic N) is 3. The fraction of sp³-hybridized carbons (Fsp3) is 0.158. The molecule has 1 amide bonds. The van der Waals surface area contributed by atoms with Gasteiger partial charge in [-0.15, -0.1) is 0 Å². The number of nitro benzene ring substituents is 1. The summed E-state index contributed by atoms with van der Waals surface area (Å²) in [5.41, 5.74) is 1.45. The average molecular weight is 399 g/mol. The molecule has 0 aliphatic rings. The van der Waals surface area contributed by atoms with Crippen LogP contribution in [-0.2, 0) is 11.8 Å². The summed E-state index contributed by atoms with van der Waals surface area (Å²) in [5, 5.41) is 10.7. The molecule has 2 aromatic carbocycles. The second kappa shape index (κ2) is 8.05. The monoisotopic (exact) mass is 399 g/mol. The van der Waals surface area contributed by atoms with E-state index in [9.17, 15) is 14.9 Å². The van der Waals surface area contributed by atoms with Crippen molar-refractivity contribution in [2.24, 2.45) is 12.0 Å². The third-order valence-corrected chi connectivity index (χ3v) is 5.19. The van der Waals surface area contributed by atoms with Gasteiger partial charge < -0.3 is 14.0 Å². The number of non-ortho nitro benzene ring substituents is 1. The quantitative estimate of drug-likeness (QED) is 0.373. The van der Waals surface area contributed by atoms with Crippen molar-refractivity contribution in [3.8, 4) is 11.5 Å². The molecule has 0 unspecified atom stereocenters. The first-order valence-electron chi connectivity index (χ1n) is 8.16. The van der Waals surface area contributed by atoms with Crippen molar-refractivity contribution in [2.75, 3.05) is 14.2 Å². The molecule has 0 saturated heterocycles. The maximum atomic E-state index is 12.3. The molecule has 0 aliphatic heterocycles. The first kappa shape index (κ1) is 19.3. The van der Waals surface area contributed by atoms with Crippen LogP contribution in [0.5, 0.6) is 11.5 Å². The predicted molar refractivity (Wildman–Crippen MR) is 107 cm³/mol. The fourth-order valence-electron chi connectivity index (χ4n) is 2.64. The first-order valence-corrected chi connectivity index (χ1v) is 8.98. The minimum absolute atomic E-state index is 0.00615. The molecule has 3 aromatic rings. The molecule has 0 saturated carbocycles. The standard InChI is InChI=1S/C19H17N3O5S/c1-21-17-14(26-2)9-10-15(27-3)18(17)28-19(21)20-16(23)11-6-12-4-7-13(8-5-12)22(24)25/h4-11H,1-3H3/b11-6-,20-19?. The maximum absolute atomic E-state index is 12.3. The third kappa shape index (κ3) is 3.79. The van der Waals surface area contributed by atoms with Crippen molar-refractivity contribution in [3.05, 3.63) is 63.0 Å². The van der Waals surface area contributed by atoms with Gasteiger partial charge in [-0.05, 0) is 35.9 Å². The number of hydrogen-bond acceptors (Lipinski definition) is 6. The van der Waals surface area contributed by atoms with Crippen LogP contribution >= 0.6 is 11.3 Å². The number of aromatic nitrogens is 1. The van der Waals surface area contributed by atoms with Gasteiger partial charge in [0.05, 0.1) is 19.1 Å². The average Bonchev–Trinajstić information content (AvgIpc) is 3.02. The number of ether oxygens (including phenoxy) is 2. The van der Waals surface area contributed by atoms with Crippen LogP contribution < -0.4 is 14.3 Å². The van der Waals surface area contributed by atoms with Gasteiger partial charge in [0.25, 0.3) is 11.6 Å². The van der Waals surface area contributed by atoms with E-state index in [0.717, 1.165) is 10.2 Å². The number of nitro groups is 1. The minimum atomic E-state index is -0.474. The SMILES string of the molecule is COc1ccc(OC)c2c1sc(=NC(=O)/C=C\c1ccc([N+](=O)[O-])cc1)n2C. The number of rotatable bonds is 5. The number of methoxy groups -OCH3 is 2. The Morgan fingerprint density at radius 1 is 1.14 bits per heavy atom. The minimum Gasteiger partial charge on any atom is -0.495 e. The maximum Gasteiger partial charge on any atom is 0.272 e. The van der Waals surface area contributed by atoms with Gasteiger partial charge >= 0.3 is 0 Å². The van der Waals surface area contributed by atoms with Crippen LogP contribution in [0.3, 0.4) is 0 Å². The number of fused-ring (bicyclic) bond motifs is 1. The van der Waals surface area contributed by atoms with Gasteiger partial charge in [-0.3, -0.25) is 14.9 Å². The van der Waals surface area contributed by atoms with Crippen molar-refractivity contribution < 1.29 is 19.2 Å². The number of carbonyl (C=O) groups excluding carboxylic acids is 1. The Morgan fingerprint density at radius 2 is 1.79 bits per heavy atom. The lowest BCUT2D eigenvalue weighted by Gasteiger charge is -2.06. The normalized spacial score (nSPS) is 11.9. The number of thiazole rings is 1. The highest BCUT2D eigenvalue weighted by Crippen LogP contribution is 2.34. The molecule has 8 nitrogen and oxygen atoms in total. The van der Waals surface area contributed by atoms with Crippen molar-refractivity contribution in [1.29, 1.82) is 0 Å². The Morgan fingerprint density at radius 3 is 2.39 bits per heavy atom. The molecule has 0 radical (unpaired) electrons. The van der Waals surface area contributed by atoms with E-state index in [1.54, 1.807) is 56.2 Å². The Kier molecular flexibility index (Phi) is 5.55. The van der Waals surface area contributed by atoms with E-state index in [-0.39, 0.29) is 5.69 Å². The molecule has 144 valence electrons. The van der Waals surface area contributed by atoms with Gasteiger partial charge in [-0.2, -0.15) is 4.99 Å². The Labute approximate surface area is 164 Å². The van der Waals surface area contributed by atoms with Crippen molar-refractivity contribution in [1.82, 2.24) is 4.57 Å². The zero-order valence-electron chi connectivity index (χ0n) is 15.4. The van der Waals surface area contributed by atoms with Gasteiger partial charge in [0.15, 0.2) is 4.80 Å². The van der Waals surface area contributed by atoms with E-state index in [0.29, 0.717) is 21.9 Å². The highest BCUT2D eigenvalue weighted by molar-refractivity contribution is 7.16. The Bertz CT molecular complexity index is 1140. The first-order chi connectivity index (χ1) is 13.4. The van der Waals surface area contributed by atoms with Gasteiger partial charge in [0.1, 0.15) is 21.7 Å². The molecule has 28 heavy (non-hydrogen) atoms. The topological polar surface area (TPSA) is 96.0 Å². The molecule has 1 aromatic heterocycles. The van der Waals surface area contributed by atoms with Crippen LogP contribution in [-0.4, -0.2) is 29.6 Å².